The van der Waals surface area contributed by atoms with E-state index < -0.39 is 0 Å². The first-order valence-electron chi connectivity index (χ1n) is 53.8. The highest BCUT2D eigenvalue weighted by Gasteiger charge is 2.32. The molecule has 18 aromatic rings. The topological polar surface area (TPSA) is 23.3 Å². The fraction of sp³-hybridized carbons (Fsp3) is 0.357. The van der Waals surface area contributed by atoms with E-state index >= 15 is 0 Å². The molecule has 6 heteroatoms. The lowest BCUT2D eigenvalue weighted by Gasteiger charge is -2.28. The summed E-state index contributed by atoms with van der Waals surface area (Å²) in [5.74, 6) is 2.35. The molecular formula is C140H170N6+6. The van der Waals surface area contributed by atoms with Gasteiger partial charge in [0.2, 0.25) is 34.2 Å². The fourth-order valence-corrected chi connectivity index (χ4v) is 21.8. The van der Waals surface area contributed by atoms with Crippen molar-refractivity contribution in [1.82, 2.24) is 0 Å². The van der Waals surface area contributed by atoms with Crippen LogP contribution in [-0.2, 0) is 63.9 Å². The molecule has 146 heavy (non-hydrogen) atoms. The summed E-state index contributed by atoms with van der Waals surface area (Å²) in [5, 5.41) is 15.8. The summed E-state index contributed by atoms with van der Waals surface area (Å²) in [6.07, 6.45) is 18.6. The number of fused-ring (bicyclic) bond motifs is 6. The van der Waals surface area contributed by atoms with Gasteiger partial charge in [0.1, 0.15) is 42.3 Å². The second kappa shape index (κ2) is 44.0. The summed E-state index contributed by atoms with van der Waals surface area (Å²) in [6, 6.07) is 86.9. The van der Waals surface area contributed by atoms with Gasteiger partial charge in [-0.2, -0.15) is 0 Å². The summed E-state index contributed by atoms with van der Waals surface area (Å²) in [5.41, 5.74) is 46.8. The van der Waals surface area contributed by atoms with Crippen molar-refractivity contribution in [3.63, 3.8) is 0 Å². The Morgan fingerprint density at radius 1 is 0.226 bits per heavy atom. The van der Waals surface area contributed by atoms with Gasteiger partial charge in [0.15, 0.2) is 37.2 Å². The molecule has 6 aromatic heterocycles. The van der Waals surface area contributed by atoms with E-state index in [0.29, 0.717) is 17.8 Å². The van der Waals surface area contributed by atoms with Gasteiger partial charge in [-0.25, -0.2) is 27.4 Å². The monoisotopic (exact) mass is 1940 g/mol. The quantitative estimate of drug-likeness (QED) is 0.122. The molecule has 0 bridgehead atoms. The Bertz CT molecular complexity index is 7960. The lowest BCUT2D eigenvalue weighted by atomic mass is 9.76. The molecule has 1 fully saturated rings. The van der Waals surface area contributed by atoms with Crippen molar-refractivity contribution < 1.29 is 27.4 Å². The Hall–Kier alpha value is -12.9. The standard InChI is InChI=1S/C26H34N.C24H30N.C23H26N.C23H28N.2C22H26N/c1-17-10-11-21-19(14-17)12-13-27(9)24(21)22-15-20(25(3,4)5)16-23(18(22)2)26(6,7)8;1-15(2)20-13-22(16(3)4)18(6)23(14-20)24-21-9-8-17(5)12-19(21)10-11-25(24)7;1-16-8-11-21-20(14-16)12-13-24(3)23(21)22-15-19(10-9-17(22)2)18-6-4-5-7-18;1-15-8-9-20-18(12-15)10-11-24(7)22(20)21-14-19(23(4,5)6)13-16(2)17(21)3;1-15-7-10-19-17(13-15)11-12-23(6)21(19)20-14-18(22(3,4)5)9-8-16(20)2;1-14(2)19-12-16(4)17(5)21(13-19)22-20-8-7-15(3)11-18(20)9-10-23(22)6/h10-16H,1-9H3;8-16H,1-7H3;8-15,18H,4-7H2,1-3H3;8-14H,1-7H3;2*7-14H,1-6H3/q6*+1. The Labute approximate surface area is 878 Å². The number of aryl methyl sites for hydroxylation is 16. The molecule has 1 saturated carbocycles. The molecule has 6 heterocycles. The fourth-order valence-electron chi connectivity index (χ4n) is 21.8. The number of pyridine rings is 6. The molecule has 0 saturated heterocycles. The van der Waals surface area contributed by atoms with Gasteiger partial charge < -0.3 is 0 Å². The van der Waals surface area contributed by atoms with E-state index in [4.69, 9.17) is 0 Å². The zero-order valence-corrected chi connectivity index (χ0v) is 96.2. The van der Waals surface area contributed by atoms with Gasteiger partial charge in [0.25, 0.3) is 0 Å². The van der Waals surface area contributed by atoms with Crippen LogP contribution in [0.2, 0.25) is 0 Å². The highest BCUT2D eigenvalue weighted by molar-refractivity contribution is 6.00. The van der Waals surface area contributed by atoms with Crippen molar-refractivity contribution in [2.75, 3.05) is 0 Å². The van der Waals surface area contributed by atoms with Crippen LogP contribution >= 0.6 is 0 Å². The van der Waals surface area contributed by atoms with E-state index in [1.54, 1.807) is 0 Å². The highest BCUT2D eigenvalue weighted by atomic mass is 14.9. The number of rotatable bonds is 10. The number of hydrogen-bond donors (Lipinski definition) is 0. The highest BCUT2D eigenvalue weighted by Crippen LogP contribution is 2.45. The minimum atomic E-state index is 0.111. The average molecular weight is 1940 g/mol. The van der Waals surface area contributed by atoms with Crippen LogP contribution in [0.5, 0.6) is 0 Å². The average Bonchev–Trinajstić information content (AvgIpc) is 0.999. The molecule has 19 rings (SSSR count). The van der Waals surface area contributed by atoms with Gasteiger partial charge in [0, 0.05) is 47.5 Å². The van der Waals surface area contributed by atoms with Crippen molar-refractivity contribution in [3.05, 3.63) is 390 Å². The Morgan fingerprint density at radius 3 is 0.815 bits per heavy atom. The van der Waals surface area contributed by atoms with Crippen molar-refractivity contribution >= 4 is 64.6 Å². The van der Waals surface area contributed by atoms with Crippen LogP contribution in [0, 0.1) is 96.9 Å². The summed E-state index contributed by atoms with van der Waals surface area (Å²) in [7, 11) is 12.9. The van der Waals surface area contributed by atoms with Gasteiger partial charge in [-0.15, -0.1) is 0 Å². The molecule has 0 aliphatic heterocycles. The first-order chi connectivity index (χ1) is 68.6. The van der Waals surface area contributed by atoms with E-state index in [1.165, 1.54) is 280 Å². The van der Waals surface area contributed by atoms with Gasteiger partial charge in [-0.3, -0.25) is 0 Å². The summed E-state index contributed by atoms with van der Waals surface area (Å²) in [6.45, 7) is 72.1. The van der Waals surface area contributed by atoms with Crippen LogP contribution in [0.15, 0.2) is 268 Å². The first kappa shape index (κ1) is 109. The van der Waals surface area contributed by atoms with Crippen molar-refractivity contribution in [1.29, 1.82) is 0 Å². The van der Waals surface area contributed by atoms with E-state index in [-0.39, 0.29) is 21.7 Å². The van der Waals surface area contributed by atoms with E-state index in [2.05, 4.69) is 559 Å². The third kappa shape index (κ3) is 24.0. The second-order valence-corrected chi connectivity index (χ2v) is 48.2. The molecule has 754 valence electrons. The number of hydrogen-bond acceptors (Lipinski definition) is 0. The van der Waals surface area contributed by atoms with Crippen LogP contribution in [0.25, 0.3) is 132 Å². The number of benzene rings is 12. The molecular weight excluding hydrogens is 1770 g/mol. The summed E-state index contributed by atoms with van der Waals surface area (Å²) >= 11 is 0. The first-order valence-corrected chi connectivity index (χ1v) is 53.8. The molecule has 0 radical (unpaired) electrons. The van der Waals surface area contributed by atoms with Gasteiger partial charge in [-0.1, -0.05) is 292 Å². The largest absolute Gasteiger partial charge is 0.220 e. The third-order valence-electron chi connectivity index (χ3n) is 31.2. The normalized spacial score (nSPS) is 12.5. The molecule has 6 nitrogen and oxygen atoms in total. The van der Waals surface area contributed by atoms with Crippen molar-refractivity contribution in [2.24, 2.45) is 42.3 Å². The predicted octanol–water partition coefficient (Wildman–Crippen LogP) is 34.5. The van der Waals surface area contributed by atoms with Crippen molar-refractivity contribution in [2.45, 2.75) is 293 Å². The maximum Gasteiger partial charge on any atom is 0.220 e. The van der Waals surface area contributed by atoms with E-state index in [1.807, 2.05) is 0 Å². The lowest BCUT2D eigenvalue weighted by Crippen LogP contribution is -2.31. The Balaban J connectivity index is 0.000000139. The van der Waals surface area contributed by atoms with E-state index in [9.17, 15) is 0 Å². The van der Waals surface area contributed by atoms with Crippen LogP contribution in [0.1, 0.15) is 296 Å². The van der Waals surface area contributed by atoms with Crippen LogP contribution in [0.3, 0.4) is 0 Å². The zero-order valence-electron chi connectivity index (χ0n) is 96.2. The van der Waals surface area contributed by atoms with Crippen LogP contribution in [0.4, 0.5) is 0 Å². The predicted molar refractivity (Wildman–Crippen MR) is 628 cm³/mol. The molecule has 12 aromatic carbocycles. The maximum atomic E-state index is 2.46. The minimum Gasteiger partial charge on any atom is -0.200 e. The zero-order chi connectivity index (χ0) is 106. The molecule has 0 atom stereocenters. The van der Waals surface area contributed by atoms with Crippen LogP contribution < -0.4 is 27.4 Å². The molecule has 0 N–H and O–H groups in total. The smallest absolute Gasteiger partial charge is 0.200 e. The Morgan fingerprint density at radius 2 is 0.500 bits per heavy atom. The van der Waals surface area contributed by atoms with E-state index in [0.717, 1.165) is 5.92 Å². The second-order valence-electron chi connectivity index (χ2n) is 48.2. The molecule has 0 spiro atoms. The molecule has 1 aliphatic rings. The SMILES string of the molecule is Cc1ccc2c(-c3cc(C(C)(C)C)cc(C(C)(C)C)c3C)[n+](C)ccc2c1.Cc1ccc2c(-c3cc(C(C)(C)C)cc(C)c3C)[n+](C)ccc2c1.Cc1ccc2c(-c3cc(C(C)(C)C)ccc3C)[n+](C)ccc2c1.Cc1ccc2c(-c3cc(C(C)C)cc(C(C)C)c3C)[n+](C)ccc2c1.Cc1ccc2c(-c3cc(C(C)C)cc(C)c3C)[n+](C)ccc2c1.Cc1ccc2c(-c3cc(C4CCCC4)ccc3C)[n+](C)ccc2c1. The molecule has 1 aliphatic carbocycles. The minimum absolute atomic E-state index is 0.111. The van der Waals surface area contributed by atoms with Gasteiger partial charge in [0.05, 0.1) is 54.6 Å². The van der Waals surface area contributed by atoms with Crippen molar-refractivity contribution in [3.8, 4) is 67.5 Å². The summed E-state index contributed by atoms with van der Waals surface area (Å²) < 4.78 is 13.6. The van der Waals surface area contributed by atoms with Gasteiger partial charge >= 0.3 is 0 Å². The summed E-state index contributed by atoms with van der Waals surface area (Å²) in [4.78, 5) is 0. The lowest BCUT2D eigenvalue weighted by molar-refractivity contribution is -0.659. The Kier molecular flexibility index (Phi) is 32.8. The number of aromatic nitrogens is 6. The van der Waals surface area contributed by atoms with Gasteiger partial charge in [-0.05, 0) is 349 Å². The van der Waals surface area contributed by atoms with Crippen LogP contribution in [-0.4, -0.2) is 0 Å². The molecule has 0 unspecified atom stereocenters. The molecule has 0 amide bonds. The third-order valence-corrected chi connectivity index (χ3v) is 31.2. The maximum absolute atomic E-state index is 2.46. The number of nitrogens with zero attached hydrogens (tertiary/aromatic N) is 6.